The van der Waals surface area contributed by atoms with Crippen LogP contribution in [0.4, 0.5) is 0 Å². The minimum atomic E-state index is 0.181. The van der Waals surface area contributed by atoms with E-state index in [1.807, 2.05) is 19.9 Å². The molecule has 3 atom stereocenters. The van der Waals surface area contributed by atoms with Crippen LogP contribution < -0.4 is 0 Å². The van der Waals surface area contributed by atoms with Crippen LogP contribution in [0.25, 0.3) is 0 Å². The number of carbonyl (C=O) groups excluding carboxylic acids is 1. The van der Waals surface area contributed by atoms with Gasteiger partial charge in [-0.15, -0.1) is 0 Å². The Kier molecular flexibility index (Phi) is 4.33. The van der Waals surface area contributed by atoms with Crippen molar-refractivity contribution in [2.24, 2.45) is 17.8 Å². The van der Waals surface area contributed by atoms with Gasteiger partial charge in [-0.05, 0) is 50.5 Å². The summed E-state index contributed by atoms with van der Waals surface area (Å²) in [7, 11) is 0. The number of rotatable bonds is 3. The maximum absolute atomic E-state index is 12.7. The topological polar surface area (TPSA) is 42.9 Å². The van der Waals surface area contributed by atoms with Gasteiger partial charge in [-0.1, -0.05) is 20.8 Å². The molecule has 1 aliphatic rings. The molecule has 1 aromatic rings. The molecule has 0 aliphatic heterocycles. The minimum absolute atomic E-state index is 0.181. The predicted octanol–water partition coefficient (Wildman–Crippen LogP) is 3.60. The second kappa shape index (κ2) is 5.81. The second-order valence-electron chi connectivity index (χ2n) is 6.03. The fraction of sp³-hybridized carbons (Fsp3) is 0.688. The van der Waals surface area contributed by atoms with E-state index in [4.69, 9.17) is 0 Å². The van der Waals surface area contributed by atoms with Crippen LogP contribution >= 0.6 is 0 Å². The van der Waals surface area contributed by atoms with Crippen molar-refractivity contribution in [1.29, 1.82) is 0 Å². The molecule has 3 unspecified atom stereocenters. The average molecular weight is 260 g/mol. The third-order valence-corrected chi connectivity index (χ3v) is 4.56. The molecular weight excluding hydrogens is 236 g/mol. The summed E-state index contributed by atoms with van der Waals surface area (Å²) in [5, 5.41) is 8.24. The number of aromatic nitrogens is 2. The molecule has 1 fully saturated rings. The fourth-order valence-electron chi connectivity index (χ4n) is 2.99. The van der Waals surface area contributed by atoms with Crippen LogP contribution in [-0.4, -0.2) is 16.0 Å². The van der Waals surface area contributed by atoms with Gasteiger partial charge < -0.3 is 0 Å². The Morgan fingerprint density at radius 2 is 2.00 bits per heavy atom. The van der Waals surface area contributed by atoms with E-state index in [0.717, 1.165) is 48.6 Å². The van der Waals surface area contributed by atoms with E-state index < -0.39 is 0 Å². The van der Waals surface area contributed by atoms with Gasteiger partial charge in [0.1, 0.15) is 0 Å². The zero-order valence-electron chi connectivity index (χ0n) is 12.4. The van der Waals surface area contributed by atoms with E-state index in [1.54, 1.807) is 0 Å². The van der Waals surface area contributed by atoms with Crippen LogP contribution in [0.15, 0.2) is 6.07 Å². The summed E-state index contributed by atoms with van der Waals surface area (Å²) in [6.07, 6.45) is 3.98. The number of Topliss-reactive ketones (excluding diaryl/α,β-unsaturated/α-hetero) is 1. The van der Waals surface area contributed by atoms with E-state index in [0.29, 0.717) is 5.92 Å². The highest BCUT2D eigenvalue weighted by molar-refractivity contribution is 5.98. The predicted molar refractivity (Wildman–Crippen MR) is 76.1 cm³/mol. The lowest BCUT2D eigenvalue weighted by atomic mass is 9.73. The molecule has 0 aromatic carbocycles. The minimum Gasteiger partial charge on any atom is -0.294 e. The van der Waals surface area contributed by atoms with Crippen molar-refractivity contribution in [2.45, 2.75) is 53.4 Å². The Morgan fingerprint density at radius 1 is 1.26 bits per heavy atom. The van der Waals surface area contributed by atoms with E-state index in [9.17, 15) is 4.79 Å². The summed E-state index contributed by atoms with van der Waals surface area (Å²) in [5.74, 6) is 1.85. The number of carbonyl (C=O) groups is 1. The zero-order chi connectivity index (χ0) is 14.0. The number of hydrogen-bond acceptors (Lipinski definition) is 3. The molecule has 3 nitrogen and oxygen atoms in total. The maximum atomic E-state index is 12.7. The molecule has 104 valence electrons. The third-order valence-electron chi connectivity index (χ3n) is 4.56. The van der Waals surface area contributed by atoms with Crippen LogP contribution in [0.5, 0.6) is 0 Å². The highest BCUT2D eigenvalue weighted by Gasteiger charge is 2.30. The molecule has 1 aromatic heterocycles. The van der Waals surface area contributed by atoms with Crippen molar-refractivity contribution in [3.63, 3.8) is 0 Å². The first-order valence-corrected chi connectivity index (χ1v) is 7.40. The molecule has 1 aliphatic carbocycles. The number of aryl methyl sites for hydroxylation is 2. The summed E-state index contributed by atoms with van der Waals surface area (Å²) in [6.45, 7) is 8.48. The van der Waals surface area contributed by atoms with Gasteiger partial charge in [0.15, 0.2) is 5.78 Å². The highest BCUT2D eigenvalue weighted by atomic mass is 16.1. The molecule has 0 saturated heterocycles. The molecule has 0 amide bonds. The molecule has 3 heteroatoms. The maximum Gasteiger partial charge on any atom is 0.167 e. The van der Waals surface area contributed by atoms with Gasteiger partial charge in [0.05, 0.1) is 11.4 Å². The molecule has 2 rings (SSSR count). The smallest absolute Gasteiger partial charge is 0.167 e. The summed E-state index contributed by atoms with van der Waals surface area (Å²) in [4.78, 5) is 12.7. The normalized spacial score (nSPS) is 27.3. The summed E-state index contributed by atoms with van der Waals surface area (Å²) in [6, 6.07) is 1.91. The molecule has 0 spiro atoms. The van der Waals surface area contributed by atoms with Gasteiger partial charge in [-0.25, -0.2) is 0 Å². The first-order valence-electron chi connectivity index (χ1n) is 7.40. The lowest BCUT2D eigenvalue weighted by molar-refractivity contribution is 0.0836. The SMILES string of the molecule is CCc1nnc(C)cc1C(=O)C1CCC(C)C(C)C1. The van der Waals surface area contributed by atoms with Crippen LogP contribution in [0, 0.1) is 24.7 Å². The monoisotopic (exact) mass is 260 g/mol. The third kappa shape index (κ3) is 3.02. The first-order chi connectivity index (χ1) is 9.02. The van der Waals surface area contributed by atoms with Crippen molar-refractivity contribution < 1.29 is 4.79 Å². The molecular formula is C16H24N2O. The molecule has 1 saturated carbocycles. The lowest BCUT2D eigenvalue weighted by Crippen LogP contribution is -2.27. The van der Waals surface area contributed by atoms with E-state index in [-0.39, 0.29) is 11.7 Å². The molecule has 1 heterocycles. The second-order valence-corrected chi connectivity index (χ2v) is 6.03. The van der Waals surface area contributed by atoms with Crippen molar-refractivity contribution in [3.8, 4) is 0 Å². The van der Waals surface area contributed by atoms with Crippen LogP contribution in [0.1, 0.15) is 61.8 Å². The number of ketones is 1. The lowest BCUT2D eigenvalue weighted by Gasteiger charge is -2.31. The summed E-state index contributed by atoms with van der Waals surface area (Å²) in [5.41, 5.74) is 2.49. The Hall–Kier alpha value is -1.25. The molecule has 0 radical (unpaired) electrons. The number of nitrogens with zero attached hydrogens (tertiary/aromatic N) is 2. The zero-order valence-corrected chi connectivity index (χ0v) is 12.4. The van der Waals surface area contributed by atoms with Gasteiger partial charge in [-0.3, -0.25) is 4.79 Å². The Balaban J connectivity index is 2.22. The summed E-state index contributed by atoms with van der Waals surface area (Å²) < 4.78 is 0. The van der Waals surface area contributed by atoms with E-state index in [1.165, 1.54) is 0 Å². The molecule has 19 heavy (non-hydrogen) atoms. The van der Waals surface area contributed by atoms with Gasteiger partial charge in [-0.2, -0.15) is 10.2 Å². The van der Waals surface area contributed by atoms with Gasteiger partial charge in [0.25, 0.3) is 0 Å². The summed E-state index contributed by atoms with van der Waals surface area (Å²) >= 11 is 0. The van der Waals surface area contributed by atoms with Gasteiger partial charge in [0.2, 0.25) is 0 Å². The Bertz CT molecular complexity index is 470. The van der Waals surface area contributed by atoms with Crippen molar-refractivity contribution >= 4 is 5.78 Å². The standard InChI is InChI=1S/C16H24N2O/c1-5-15-14(9-12(4)17-18-15)16(19)13-7-6-10(2)11(3)8-13/h9-11,13H,5-8H2,1-4H3. The van der Waals surface area contributed by atoms with Crippen LogP contribution in [0.2, 0.25) is 0 Å². The first kappa shape index (κ1) is 14.2. The quantitative estimate of drug-likeness (QED) is 0.780. The largest absolute Gasteiger partial charge is 0.294 e. The average Bonchev–Trinajstić information content (AvgIpc) is 2.41. The molecule has 0 bridgehead atoms. The van der Waals surface area contributed by atoms with E-state index in [2.05, 4.69) is 24.0 Å². The van der Waals surface area contributed by atoms with Crippen molar-refractivity contribution in [3.05, 3.63) is 23.0 Å². The van der Waals surface area contributed by atoms with Crippen LogP contribution in [-0.2, 0) is 6.42 Å². The number of hydrogen-bond donors (Lipinski definition) is 0. The Labute approximate surface area is 115 Å². The van der Waals surface area contributed by atoms with Gasteiger partial charge in [0, 0.05) is 11.5 Å². The molecule has 0 N–H and O–H groups in total. The highest BCUT2D eigenvalue weighted by Crippen LogP contribution is 2.35. The Morgan fingerprint density at radius 3 is 2.63 bits per heavy atom. The van der Waals surface area contributed by atoms with E-state index >= 15 is 0 Å². The fourth-order valence-corrected chi connectivity index (χ4v) is 2.99. The van der Waals surface area contributed by atoms with Gasteiger partial charge >= 0.3 is 0 Å². The van der Waals surface area contributed by atoms with Crippen LogP contribution in [0.3, 0.4) is 0 Å². The van der Waals surface area contributed by atoms with Crippen molar-refractivity contribution in [1.82, 2.24) is 10.2 Å². The van der Waals surface area contributed by atoms with Crippen molar-refractivity contribution in [2.75, 3.05) is 0 Å².